The minimum atomic E-state index is -1.20. The standard InChI is InChI=1S/C17H11BrF2O/c18-13-4-3-10-7-12(2-1-11(10)8-13)17(21)15-9-14(19)5-6-16(15)20/h1-9,17,21H. The quantitative estimate of drug-likeness (QED) is 0.693. The maximum atomic E-state index is 13.7. The first-order valence-corrected chi connectivity index (χ1v) is 7.16. The molecule has 1 nitrogen and oxygen atoms in total. The fraction of sp³-hybridized carbons (Fsp3) is 0.0588. The Morgan fingerprint density at radius 3 is 2.38 bits per heavy atom. The molecule has 0 saturated carbocycles. The Kier molecular flexibility index (Phi) is 3.74. The second kappa shape index (κ2) is 5.54. The number of hydrogen-bond donors (Lipinski definition) is 1. The van der Waals surface area contributed by atoms with E-state index in [4.69, 9.17) is 0 Å². The summed E-state index contributed by atoms with van der Waals surface area (Å²) in [7, 11) is 0. The van der Waals surface area contributed by atoms with Crippen molar-refractivity contribution in [3.8, 4) is 0 Å². The van der Waals surface area contributed by atoms with Gasteiger partial charge in [0.05, 0.1) is 0 Å². The van der Waals surface area contributed by atoms with E-state index in [9.17, 15) is 13.9 Å². The molecule has 0 aliphatic heterocycles. The van der Waals surface area contributed by atoms with Crippen LogP contribution in [0, 0.1) is 11.6 Å². The van der Waals surface area contributed by atoms with Gasteiger partial charge < -0.3 is 5.11 Å². The summed E-state index contributed by atoms with van der Waals surface area (Å²) in [6, 6.07) is 14.1. The zero-order chi connectivity index (χ0) is 15.0. The van der Waals surface area contributed by atoms with Crippen LogP contribution in [0.25, 0.3) is 10.8 Å². The monoisotopic (exact) mass is 348 g/mol. The molecule has 1 N–H and O–H groups in total. The number of hydrogen-bond acceptors (Lipinski definition) is 1. The van der Waals surface area contributed by atoms with Gasteiger partial charge in [-0.15, -0.1) is 0 Å². The molecule has 106 valence electrons. The topological polar surface area (TPSA) is 20.2 Å². The SMILES string of the molecule is OC(c1ccc2cc(Br)ccc2c1)c1cc(F)ccc1F. The molecule has 0 heterocycles. The Hall–Kier alpha value is -1.78. The summed E-state index contributed by atoms with van der Waals surface area (Å²) in [5, 5.41) is 12.2. The number of halogens is 3. The van der Waals surface area contributed by atoms with Crippen LogP contribution in [0.2, 0.25) is 0 Å². The van der Waals surface area contributed by atoms with E-state index < -0.39 is 17.7 Å². The molecule has 1 unspecified atom stereocenters. The molecule has 1 atom stereocenters. The number of rotatable bonds is 2. The molecule has 3 rings (SSSR count). The summed E-state index contributed by atoms with van der Waals surface area (Å²) >= 11 is 3.39. The van der Waals surface area contributed by atoms with Crippen LogP contribution >= 0.6 is 15.9 Å². The molecule has 0 fully saturated rings. The predicted octanol–water partition coefficient (Wildman–Crippen LogP) is 4.96. The van der Waals surface area contributed by atoms with Crippen molar-refractivity contribution in [1.29, 1.82) is 0 Å². The molecule has 0 spiro atoms. The third-order valence-electron chi connectivity index (χ3n) is 3.39. The molecule has 0 amide bonds. The van der Waals surface area contributed by atoms with Crippen LogP contribution in [0.1, 0.15) is 17.2 Å². The largest absolute Gasteiger partial charge is 0.384 e. The molecule has 0 radical (unpaired) electrons. The summed E-state index contributed by atoms with van der Waals surface area (Å²) in [4.78, 5) is 0. The Morgan fingerprint density at radius 1 is 0.857 bits per heavy atom. The molecule has 0 aliphatic rings. The highest BCUT2D eigenvalue weighted by molar-refractivity contribution is 9.10. The average molecular weight is 349 g/mol. The van der Waals surface area contributed by atoms with Crippen LogP contribution in [-0.4, -0.2) is 5.11 Å². The Bertz CT molecular complexity index is 817. The number of aliphatic hydroxyl groups is 1. The zero-order valence-corrected chi connectivity index (χ0v) is 12.4. The normalized spacial score (nSPS) is 12.6. The highest BCUT2D eigenvalue weighted by Crippen LogP contribution is 2.28. The summed E-state index contributed by atoms with van der Waals surface area (Å²) in [5.41, 5.74) is 0.459. The average Bonchev–Trinajstić information content (AvgIpc) is 2.48. The third-order valence-corrected chi connectivity index (χ3v) is 3.89. The molecule has 21 heavy (non-hydrogen) atoms. The van der Waals surface area contributed by atoms with Gasteiger partial charge in [0.2, 0.25) is 0 Å². The molecule has 4 heteroatoms. The van der Waals surface area contributed by atoms with Crippen molar-refractivity contribution in [1.82, 2.24) is 0 Å². The van der Waals surface area contributed by atoms with Crippen molar-refractivity contribution in [3.63, 3.8) is 0 Å². The summed E-state index contributed by atoms with van der Waals surface area (Å²) in [5.74, 6) is -1.20. The van der Waals surface area contributed by atoms with E-state index in [0.29, 0.717) is 5.56 Å². The maximum absolute atomic E-state index is 13.7. The highest BCUT2D eigenvalue weighted by atomic mass is 79.9. The van der Waals surface area contributed by atoms with Crippen molar-refractivity contribution in [3.05, 3.63) is 81.8 Å². The Morgan fingerprint density at radius 2 is 1.57 bits per heavy atom. The van der Waals surface area contributed by atoms with Gasteiger partial charge in [0.25, 0.3) is 0 Å². The summed E-state index contributed by atoms with van der Waals surface area (Å²) < 4.78 is 27.9. The zero-order valence-electron chi connectivity index (χ0n) is 10.9. The van der Waals surface area contributed by atoms with Gasteiger partial charge in [-0.25, -0.2) is 8.78 Å². The summed E-state index contributed by atoms with van der Waals surface area (Å²) in [6.45, 7) is 0. The first-order valence-electron chi connectivity index (χ1n) is 6.37. The lowest BCUT2D eigenvalue weighted by molar-refractivity contribution is 0.214. The van der Waals surface area contributed by atoms with E-state index >= 15 is 0 Å². The lowest BCUT2D eigenvalue weighted by Crippen LogP contribution is -2.03. The van der Waals surface area contributed by atoms with E-state index in [-0.39, 0.29) is 5.56 Å². The molecule has 0 bridgehead atoms. The van der Waals surface area contributed by atoms with Gasteiger partial charge in [-0.2, -0.15) is 0 Å². The molecule has 0 saturated heterocycles. The van der Waals surface area contributed by atoms with Crippen LogP contribution in [0.3, 0.4) is 0 Å². The fourth-order valence-corrected chi connectivity index (χ4v) is 2.69. The van der Waals surface area contributed by atoms with Gasteiger partial charge in [0.1, 0.15) is 17.7 Å². The molecule has 3 aromatic rings. The predicted molar refractivity (Wildman–Crippen MR) is 82.1 cm³/mol. The smallest absolute Gasteiger partial charge is 0.129 e. The minimum absolute atomic E-state index is 0.0635. The Balaban J connectivity index is 2.07. The molecule has 0 aromatic heterocycles. The van der Waals surface area contributed by atoms with Crippen LogP contribution in [-0.2, 0) is 0 Å². The van der Waals surface area contributed by atoms with Crippen molar-refractivity contribution in [2.75, 3.05) is 0 Å². The van der Waals surface area contributed by atoms with E-state index in [2.05, 4.69) is 15.9 Å². The van der Waals surface area contributed by atoms with Crippen molar-refractivity contribution < 1.29 is 13.9 Å². The van der Waals surface area contributed by atoms with E-state index in [1.807, 2.05) is 24.3 Å². The van der Waals surface area contributed by atoms with E-state index in [1.165, 1.54) is 0 Å². The number of benzene rings is 3. The second-order valence-corrected chi connectivity index (χ2v) is 5.73. The molecule has 0 aliphatic carbocycles. The highest BCUT2D eigenvalue weighted by Gasteiger charge is 2.16. The van der Waals surface area contributed by atoms with Gasteiger partial charge in [-0.05, 0) is 52.7 Å². The van der Waals surface area contributed by atoms with Gasteiger partial charge in [0, 0.05) is 10.0 Å². The van der Waals surface area contributed by atoms with Gasteiger partial charge in [-0.1, -0.05) is 34.1 Å². The van der Waals surface area contributed by atoms with Crippen LogP contribution in [0.4, 0.5) is 8.78 Å². The van der Waals surface area contributed by atoms with Gasteiger partial charge >= 0.3 is 0 Å². The third kappa shape index (κ3) is 2.82. The van der Waals surface area contributed by atoms with E-state index in [1.54, 1.807) is 12.1 Å². The second-order valence-electron chi connectivity index (χ2n) is 4.82. The van der Waals surface area contributed by atoms with Crippen molar-refractivity contribution >= 4 is 26.7 Å². The molecular formula is C17H11BrF2O. The minimum Gasteiger partial charge on any atom is -0.384 e. The maximum Gasteiger partial charge on any atom is 0.129 e. The van der Waals surface area contributed by atoms with Gasteiger partial charge in [-0.3, -0.25) is 0 Å². The van der Waals surface area contributed by atoms with Crippen molar-refractivity contribution in [2.24, 2.45) is 0 Å². The van der Waals surface area contributed by atoms with Crippen molar-refractivity contribution in [2.45, 2.75) is 6.10 Å². The molecular weight excluding hydrogens is 338 g/mol. The lowest BCUT2D eigenvalue weighted by atomic mass is 9.98. The number of aliphatic hydroxyl groups excluding tert-OH is 1. The molecule has 3 aromatic carbocycles. The summed E-state index contributed by atoms with van der Waals surface area (Å²) in [6.07, 6.45) is -1.20. The van der Waals surface area contributed by atoms with Crippen LogP contribution in [0.15, 0.2) is 59.1 Å². The van der Waals surface area contributed by atoms with E-state index in [0.717, 1.165) is 33.4 Å². The van der Waals surface area contributed by atoms with Gasteiger partial charge in [0.15, 0.2) is 0 Å². The number of fused-ring (bicyclic) bond motifs is 1. The van der Waals surface area contributed by atoms with Crippen LogP contribution in [0.5, 0.6) is 0 Å². The first-order chi connectivity index (χ1) is 10.0. The fourth-order valence-electron chi connectivity index (χ4n) is 2.31. The van der Waals surface area contributed by atoms with Crippen LogP contribution < -0.4 is 0 Å². The first kappa shape index (κ1) is 14.2. The Labute approximate surface area is 129 Å². The lowest BCUT2D eigenvalue weighted by Gasteiger charge is -2.13.